The Morgan fingerprint density at radius 3 is 2.33 bits per heavy atom. The van der Waals surface area contributed by atoms with Gasteiger partial charge in [0.1, 0.15) is 17.4 Å². The molecule has 9 heteroatoms. The van der Waals surface area contributed by atoms with E-state index in [1.807, 2.05) is 6.07 Å². The van der Waals surface area contributed by atoms with E-state index in [1.165, 1.54) is 12.1 Å². The van der Waals surface area contributed by atoms with Crippen LogP contribution in [0.4, 0.5) is 11.4 Å². The van der Waals surface area contributed by atoms with E-state index in [9.17, 15) is 14.9 Å². The van der Waals surface area contributed by atoms with Crippen LogP contribution in [0.1, 0.15) is 5.56 Å². The van der Waals surface area contributed by atoms with Crippen molar-refractivity contribution in [2.45, 2.75) is 0 Å². The van der Waals surface area contributed by atoms with Gasteiger partial charge >= 0.3 is 0 Å². The van der Waals surface area contributed by atoms with Crippen LogP contribution in [0.25, 0.3) is 6.08 Å². The second kappa shape index (κ2) is 11.4. The molecule has 6 nitrogen and oxygen atoms in total. The number of nitriles is 1. The Kier molecular flexibility index (Phi) is 8.34. The second-order valence-electron chi connectivity index (χ2n) is 6.67. The van der Waals surface area contributed by atoms with Crippen LogP contribution in [-0.4, -0.2) is 18.4 Å². The van der Waals surface area contributed by atoms with E-state index in [0.29, 0.717) is 37.8 Å². The third-order valence-electron chi connectivity index (χ3n) is 4.21. The molecule has 0 heterocycles. The minimum atomic E-state index is -0.563. The normalized spacial score (nSPS) is 10.8. The third-order valence-corrected chi connectivity index (χ3v) is 5.20. The second-order valence-corrected chi connectivity index (χ2v) is 7.92. The number of carbonyl (C=O) groups is 2. The Morgan fingerprint density at radius 2 is 1.64 bits per heavy atom. The fourth-order valence-corrected chi connectivity index (χ4v) is 3.08. The maximum absolute atomic E-state index is 12.4. The molecule has 2 N–H and O–H groups in total. The summed E-state index contributed by atoms with van der Waals surface area (Å²) in [6.45, 7) is -0.254. The molecule has 2 amide bonds. The number of hydrogen-bond acceptors (Lipinski definition) is 4. The number of rotatable bonds is 7. The highest BCUT2D eigenvalue weighted by Crippen LogP contribution is 2.25. The van der Waals surface area contributed by atoms with Gasteiger partial charge in [-0.05, 0) is 66.2 Å². The maximum atomic E-state index is 12.4. The zero-order valence-corrected chi connectivity index (χ0v) is 19.2. The summed E-state index contributed by atoms with van der Waals surface area (Å²) in [7, 11) is 0. The highest BCUT2D eigenvalue weighted by molar-refractivity contribution is 6.42. The zero-order chi connectivity index (χ0) is 23.8. The molecule has 0 saturated heterocycles. The first kappa shape index (κ1) is 24.1. The molecular weight excluding hydrogens is 485 g/mol. The van der Waals surface area contributed by atoms with Gasteiger partial charge in [0, 0.05) is 16.4 Å². The summed E-state index contributed by atoms with van der Waals surface area (Å²) < 4.78 is 5.52. The van der Waals surface area contributed by atoms with Crippen molar-refractivity contribution in [2.24, 2.45) is 0 Å². The van der Waals surface area contributed by atoms with E-state index in [-0.39, 0.29) is 12.2 Å². The molecule has 3 rings (SSSR count). The molecule has 0 fully saturated rings. The van der Waals surface area contributed by atoms with E-state index in [2.05, 4.69) is 10.6 Å². The van der Waals surface area contributed by atoms with Gasteiger partial charge in [-0.3, -0.25) is 9.59 Å². The molecule has 0 aliphatic carbocycles. The summed E-state index contributed by atoms with van der Waals surface area (Å²) in [5.41, 5.74) is 1.45. The number of carbonyl (C=O) groups excluding carboxylic acids is 2. The summed E-state index contributed by atoms with van der Waals surface area (Å²) >= 11 is 17.6. The highest BCUT2D eigenvalue weighted by Gasteiger charge is 2.10. The lowest BCUT2D eigenvalue weighted by molar-refractivity contribution is -0.118. The lowest BCUT2D eigenvalue weighted by Crippen LogP contribution is -2.20. The number of anilines is 2. The molecule has 0 atom stereocenters. The van der Waals surface area contributed by atoms with Crippen LogP contribution in [-0.2, 0) is 9.59 Å². The number of nitrogens with one attached hydrogen (secondary N) is 2. The topological polar surface area (TPSA) is 91.2 Å². The van der Waals surface area contributed by atoms with Gasteiger partial charge in [-0.1, -0.05) is 46.9 Å². The van der Waals surface area contributed by atoms with E-state index in [1.54, 1.807) is 60.7 Å². The van der Waals surface area contributed by atoms with Crippen LogP contribution in [0.3, 0.4) is 0 Å². The van der Waals surface area contributed by atoms with Gasteiger partial charge < -0.3 is 15.4 Å². The maximum Gasteiger partial charge on any atom is 0.266 e. The SMILES string of the molecule is N#C/C(=C/c1cccc(OCC(=O)Nc2ccc(Cl)c(Cl)c2)c1)C(=O)Nc1ccc(Cl)cc1. The molecule has 0 spiro atoms. The summed E-state index contributed by atoms with van der Waals surface area (Å²) in [6.07, 6.45) is 1.42. The standard InChI is InChI=1S/C24H16Cl3N3O3/c25-17-4-6-18(7-5-17)30-24(32)16(13-28)10-15-2-1-3-20(11-15)33-14-23(31)29-19-8-9-21(26)22(27)12-19/h1-12H,14H2,(H,29,31)(H,30,32)/b16-10-. The van der Waals surface area contributed by atoms with Crippen molar-refractivity contribution >= 4 is 64.1 Å². The predicted octanol–water partition coefficient (Wildman–Crippen LogP) is 6.21. The van der Waals surface area contributed by atoms with Gasteiger partial charge in [0.2, 0.25) is 0 Å². The minimum absolute atomic E-state index is 0.0977. The van der Waals surface area contributed by atoms with Crippen LogP contribution in [0, 0.1) is 11.3 Å². The van der Waals surface area contributed by atoms with Gasteiger partial charge in [0.15, 0.2) is 6.61 Å². The molecule has 3 aromatic carbocycles. The van der Waals surface area contributed by atoms with Crippen molar-refractivity contribution < 1.29 is 14.3 Å². The Hall–Kier alpha value is -3.50. The molecule has 0 aliphatic heterocycles. The van der Waals surface area contributed by atoms with Gasteiger partial charge in [-0.15, -0.1) is 0 Å². The van der Waals surface area contributed by atoms with Gasteiger partial charge in [0.05, 0.1) is 10.0 Å². The van der Waals surface area contributed by atoms with Crippen molar-refractivity contribution in [3.8, 4) is 11.8 Å². The number of nitrogens with zero attached hydrogens (tertiary/aromatic N) is 1. The van der Waals surface area contributed by atoms with Crippen molar-refractivity contribution in [3.63, 3.8) is 0 Å². The molecule has 0 aliphatic rings. The third kappa shape index (κ3) is 7.26. The van der Waals surface area contributed by atoms with Crippen LogP contribution in [0.5, 0.6) is 5.75 Å². The number of ether oxygens (including phenoxy) is 1. The smallest absolute Gasteiger partial charge is 0.266 e. The monoisotopic (exact) mass is 499 g/mol. The number of benzene rings is 3. The Balaban J connectivity index is 1.62. The lowest BCUT2D eigenvalue weighted by Gasteiger charge is -2.09. The zero-order valence-electron chi connectivity index (χ0n) is 16.9. The average molecular weight is 501 g/mol. The lowest BCUT2D eigenvalue weighted by atomic mass is 10.1. The Bertz CT molecular complexity index is 1250. The summed E-state index contributed by atoms with van der Waals surface area (Å²) in [5, 5.41) is 15.9. The van der Waals surface area contributed by atoms with Gasteiger partial charge in [-0.25, -0.2) is 0 Å². The fraction of sp³-hybridized carbons (Fsp3) is 0.0417. The van der Waals surface area contributed by atoms with Crippen LogP contribution in [0.2, 0.25) is 15.1 Å². The first-order chi connectivity index (χ1) is 15.8. The molecular formula is C24H16Cl3N3O3. The predicted molar refractivity (Wildman–Crippen MR) is 131 cm³/mol. The van der Waals surface area contributed by atoms with E-state index in [0.717, 1.165) is 0 Å². The van der Waals surface area contributed by atoms with Crippen molar-refractivity contribution in [3.05, 3.63) is 92.9 Å². The van der Waals surface area contributed by atoms with Crippen LogP contribution in [0.15, 0.2) is 72.3 Å². The molecule has 0 unspecified atom stereocenters. The van der Waals surface area contributed by atoms with E-state index < -0.39 is 11.8 Å². The quantitative estimate of drug-likeness (QED) is 0.298. The van der Waals surface area contributed by atoms with Gasteiger partial charge in [-0.2, -0.15) is 5.26 Å². The molecule has 0 aromatic heterocycles. The largest absolute Gasteiger partial charge is 0.484 e. The van der Waals surface area contributed by atoms with Crippen molar-refractivity contribution in [1.82, 2.24) is 0 Å². The Labute approximate surface area is 205 Å². The number of halogens is 3. The van der Waals surface area contributed by atoms with Crippen LogP contribution < -0.4 is 15.4 Å². The summed E-state index contributed by atoms with van der Waals surface area (Å²) in [6, 6.07) is 19.8. The van der Waals surface area contributed by atoms with Gasteiger partial charge in [0.25, 0.3) is 11.8 Å². The summed E-state index contributed by atoms with van der Waals surface area (Å²) in [5.74, 6) is -0.565. The number of amides is 2. The molecule has 33 heavy (non-hydrogen) atoms. The molecule has 0 radical (unpaired) electrons. The van der Waals surface area contributed by atoms with Crippen molar-refractivity contribution in [2.75, 3.05) is 17.2 Å². The van der Waals surface area contributed by atoms with Crippen LogP contribution >= 0.6 is 34.8 Å². The minimum Gasteiger partial charge on any atom is -0.484 e. The molecule has 0 bridgehead atoms. The number of hydrogen-bond donors (Lipinski definition) is 2. The fourth-order valence-electron chi connectivity index (χ4n) is 2.66. The molecule has 3 aromatic rings. The Morgan fingerprint density at radius 1 is 0.909 bits per heavy atom. The average Bonchev–Trinajstić information content (AvgIpc) is 2.80. The molecule has 166 valence electrons. The first-order valence-corrected chi connectivity index (χ1v) is 10.6. The highest BCUT2D eigenvalue weighted by atomic mass is 35.5. The van der Waals surface area contributed by atoms with Crippen molar-refractivity contribution in [1.29, 1.82) is 5.26 Å². The molecule has 0 saturated carbocycles. The summed E-state index contributed by atoms with van der Waals surface area (Å²) in [4.78, 5) is 24.6. The van der Waals surface area contributed by atoms with E-state index >= 15 is 0 Å². The van der Waals surface area contributed by atoms with E-state index in [4.69, 9.17) is 39.5 Å². The first-order valence-electron chi connectivity index (χ1n) is 9.50.